The van der Waals surface area contributed by atoms with Gasteiger partial charge in [0.15, 0.2) is 0 Å². The van der Waals surface area contributed by atoms with E-state index < -0.39 is 12.3 Å². The molecule has 0 spiro atoms. The standard InChI is InChI=1S/C12H16INO3/c1-3-5-11(17-2)14(12(15)16)10-7-4-6-9(13)8-10/h4,6-8,11H,3,5H2,1-2H3,(H,15,16). The Labute approximate surface area is 115 Å². The van der Waals surface area contributed by atoms with Crippen LogP contribution in [0.25, 0.3) is 0 Å². The zero-order valence-electron chi connectivity index (χ0n) is 9.89. The van der Waals surface area contributed by atoms with Gasteiger partial charge in [-0.3, -0.25) is 4.90 Å². The fourth-order valence-electron chi connectivity index (χ4n) is 1.63. The number of ether oxygens (including phenoxy) is 1. The molecule has 1 amide bonds. The summed E-state index contributed by atoms with van der Waals surface area (Å²) in [4.78, 5) is 12.6. The Bertz CT molecular complexity index is 384. The first-order valence-electron chi connectivity index (χ1n) is 5.40. The van der Waals surface area contributed by atoms with Gasteiger partial charge in [0.1, 0.15) is 6.23 Å². The van der Waals surface area contributed by atoms with Gasteiger partial charge in [0, 0.05) is 10.7 Å². The van der Waals surface area contributed by atoms with Crippen molar-refractivity contribution in [3.63, 3.8) is 0 Å². The highest BCUT2D eigenvalue weighted by Gasteiger charge is 2.24. The van der Waals surface area contributed by atoms with Crippen molar-refractivity contribution in [2.75, 3.05) is 12.0 Å². The van der Waals surface area contributed by atoms with E-state index in [1.54, 1.807) is 6.07 Å². The number of benzene rings is 1. The van der Waals surface area contributed by atoms with E-state index in [9.17, 15) is 9.90 Å². The number of hydrogen-bond donors (Lipinski definition) is 1. The molecule has 1 aromatic rings. The van der Waals surface area contributed by atoms with Gasteiger partial charge in [-0.25, -0.2) is 4.79 Å². The van der Waals surface area contributed by atoms with E-state index in [2.05, 4.69) is 22.6 Å². The van der Waals surface area contributed by atoms with E-state index in [0.29, 0.717) is 12.1 Å². The molecule has 1 atom stereocenters. The number of halogens is 1. The lowest BCUT2D eigenvalue weighted by Gasteiger charge is -2.28. The van der Waals surface area contributed by atoms with E-state index in [4.69, 9.17) is 4.74 Å². The van der Waals surface area contributed by atoms with Crippen molar-refractivity contribution in [2.45, 2.75) is 26.0 Å². The minimum Gasteiger partial charge on any atom is -0.465 e. The van der Waals surface area contributed by atoms with Crippen LogP contribution >= 0.6 is 22.6 Å². The van der Waals surface area contributed by atoms with Crippen LogP contribution in [0.2, 0.25) is 0 Å². The van der Waals surface area contributed by atoms with E-state index in [0.717, 1.165) is 9.99 Å². The Kier molecular flexibility index (Phi) is 5.70. The molecule has 0 heterocycles. The highest BCUT2D eigenvalue weighted by atomic mass is 127. The van der Waals surface area contributed by atoms with Gasteiger partial charge in [-0.2, -0.15) is 0 Å². The van der Waals surface area contributed by atoms with Crippen LogP contribution in [0, 0.1) is 3.57 Å². The predicted octanol–water partition coefficient (Wildman–Crippen LogP) is 3.55. The molecule has 4 nitrogen and oxygen atoms in total. The van der Waals surface area contributed by atoms with E-state index in [1.165, 1.54) is 12.0 Å². The minimum atomic E-state index is -0.993. The molecule has 94 valence electrons. The fourth-order valence-corrected chi connectivity index (χ4v) is 2.15. The lowest BCUT2D eigenvalue weighted by Crippen LogP contribution is -2.40. The third-order valence-electron chi connectivity index (χ3n) is 2.39. The summed E-state index contributed by atoms with van der Waals surface area (Å²) in [6.45, 7) is 2.00. The van der Waals surface area contributed by atoms with Crippen molar-refractivity contribution < 1.29 is 14.6 Å². The van der Waals surface area contributed by atoms with Gasteiger partial charge >= 0.3 is 6.09 Å². The highest BCUT2D eigenvalue weighted by molar-refractivity contribution is 14.1. The van der Waals surface area contributed by atoms with Crippen molar-refractivity contribution in [2.24, 2.45) is 0 Å². The molecule has 0 aliphatic rings. The van der Waals surface area contributed by atoms with Crippen molar-refractivity contribution >= 4 is 34.4 Å². The predicted molar refractivity (Wildman–Crippen MR) is 75.4 cm³/mol. The Hall–Kier alpha value is -0.820. The number of amides is 1. The molecule has 0 aromatic heterocycles. The first-order chi connectivity index (χ1) is 8.10. The number of rotatable bonds is 5. The summed E-state index contributed by atoms with van der Waals surface area (Å²) in [5.41, 5.74) is 0.643. The van der Waals surface area contributed by atoms with Gasteiger partial charge in [0.25, 0.3) is 0 Å². The van der Waals surface area contributed by atoms with Crippen LogP contribution in [0.15, 0.2) is 24.3 Å². The van der Waals surface area contributed by atoms with Crippen molar-refractivity contribution in [3.05, 3.63) is 27.8 Å². The number of anilines is 1. The van der Waals surface area contributed by atoms with Gasteiger partial charge in [-0.05, 0) is 47.2 Å². The molecule has 0 fully saturated rings. The van der Waals surface area contributed by atoms with Crippen LogP contribution in [-0.2, 0) is 4.74 Å². The summed E-state index contributed by atoms with van der Waals surface area (Å²) in [7, 11) is 1.53. The van der Waals surface area contributed by atoms with Crippen molar-refractivity contribution in [1.29, 1.82) is 0 Å². The second-order valence-corrected chi connectivity index (χ2v) is 4.86. The monoisotopic (exact) mass is 349 g/mol. The third kappa shape index (κ3) is 3.85. The zero-order chi connectivity index (χ0) is 12.8. The van der Waals surface area contributed by atoms with Crippen LogP contribution in [0.3, 0.4) is 0 Å². The quantitative estimate of drug-likeness (QED) is 0.653. The molecule has 1 N–H and O–H groups in total. The molecule has 1 rings (SSSR count). The average molecular weight is 349 g/mol. The summed E-state index contributed by atoms with van der Waals surface area (Å²) in [5, 5.41) is 9.29. The van der Waals surface area contributed by atoms with Crippen LogP contribution in [-0.4, -0.2) is 24.5 Å². The zero-order valence-corrected chi connectivity index (χ0v) is 12.0. The van der Waals surface area contributed by atoms with Gasteiger partial charge in [-0.15, -0.1) is 0 Å². The fraction of sp³-hybridized carbons (Fsp3) is 0.417. The lowest BCUT2D eigenvalue weighted by molar-refractivity contribution is 0.0876. The molecular weight excluding hydrogens is 333 g/mol. The Morgan fingerprint density at radius 1 is 1.59 bits per heavy atom. The molecule has 5 heteroatoms. The molecule has 1 aromatic carbocycles. The van der Waals surface area contributed by atoms with Crippen LogP contribution in [0.4, 0.5) is 10.5 Å². The van der Waals surface area contributed by atoms with Gasteiger partial charge in [0.05, 0.1) is 5.69 Å². The first-order valence-corrected chi connectivity index (χ1v) is 6.48. The van der Waals surface area contributed by atoms with Crippen LogP contribution in [0.5, 0.6) is 0 Å². The summed E-state index contributed by atoms with van der Waals surface area (Å²) < 4.78 is 6.25. The normalized spacial score (nSPS) is 12.2. The number of nitrogens with zero attached hydrogens (tertiary/aromatic N) is 1. The summed E-state index contributed by atoms with van der Waals surface area (Å²) in [6, 6.07) is 7.37. The number of carbonyl (C=O) groups is 1. The third-order valence-corrected chi connectivity index (χ3v) is 3.06. The Morgan fingerprint density at radius 2 is 2.29 bits per heavy atom. The van der Waals surface area contributed by atoms with Gasteiger partial charge in [0.2, 0.25) is 0 Å². The summed E-state index contributed by atoms with van der Waals surface area (Å²) in [6.07, 6.45) is 0.114. The van der Waals surface area contributed by atoms with E-state index in [-0.39, 0.29) is 0 Å². The van der Waals surface area contributed by atoms with Crippen molar-refractivity contribution in [3.8, 4) is 0 Å². The summed E-state index contributed by atoms with van der Waals surface area (Å²) >= 11 is 2.16. The van der Waals surface area contributed by atoms with Gasteiger partial charge in [-0.1, -0.05) is 19.4 Å². The molecule has 0 bridgehead atoms. The van der Waals surface area contributed by atoms with Crippen LogP contribution < -0.4 is 4.90 Å². The highest BCUT2D eigenvalue weighted by Crippen LogP contribution is 2.22. The maximum atomic E-state index is 11.3. The second-order valence-electron chi connectivity index (χ2n) is 3.61. The topological polar surface area (TPSA) is 49.8 Å². The average Bonchev–Trinajstić information content (AvgIpc) is 2.28. The molecular formula is C12H16INO3. The molecule has 0 aliphatic carbocycles. The summed E-state index contributed by atoms with van der Waals surface area (Å²) in [5.74, 6) is 0. The van der Waals surface area contributed by atoms with E-state index in [1.807, 2.05) is 25.1 Å². The number of methoxy groups -OCH3 is 1. The minimum absolute atomic E-state index is 0.435. The molecule has 0 saturated heterocycles. The first kappa shape index (κ1) is 14.2. The maximum absolute atomic E-state index is 11.3. The molecule has 0 saturated carbocycles. The van der Waals surface area contributed by atoms with Crippen molar-refractivity contribution in [1.82, 2.24) is 0 Å². The van der Waals surface area contributed by atoms with Gasteiger partial charge < -0.3 is 9.84 Å². The second kappa shape index (κ2) is 6.80. The SMILES string of the molecule is CCCC(OC)N(C(=O)O)c1cccc(I)c1. The lowest BCUT2D eigenvalue weighted by atomic mass is 10.2. The molecule has 0 aliphatic heterocycles. The van der Waals surface area contributed by atoms with E-state index >= 15 is 0 Å². The Balaban J connectivity index is 3.03. The maximum Gasteiger partial charge on any atom is 0.413 e. The molecule has 0 radical (unpaired) electrons. The van der Waals surface area contributed by atoms with Crippen LogP contribution in [0.1, 0.15) is 19.8 Å². The largest absolute Gasteiger partial charge is 0.465 e. The Morgan fingerprint density at radius 3 is 2.76 bits per heavy atom. The molecule has 17 heavy (non-hydrogen) atoms. The number of hydrogen-bond acceptors (Lipinski definition) is 2. The number of carboxylic acid groups (broad SMARTS) is 1. The smallest absolute Gasteiger partial charge is 0.413 e. The molecule has 1 unspecified atom stereocenters.